The van der Waals surface area contributed by atoms with Crippen molar-refractivity contribution < 1.29 is 28.6 Å². The highest BCUT2D eigenvalue weighted by atomic mass is 31.2. The summed E-state index contributed by atoms with van der Waals surface area (Å²) in [6.07, 6.45) is -0.851. The zero-order valence-electron chi connectivity index (χ0n) is 9.41. The van der Waals surface area contributed by atoms with E-state index in [0.717, 1.165) is 0 Å². The first-order valence-corrected chi connectivity index (χ1v) is 6.47. The fraction of sp³-hybridized carbons (Fsp3) is 0.300. The molecule has 1 aromatic rings. The highest BCUT2D eigenvalue weighted by Gasteiger charge is 2.23. The maximum atomic E-state index is 11.7. The zero-order valence-corrected chi connectivity index (χ0v) is 10.3. The second-order valence-corrected chi connectivity index (χ2v) is 4.96. The standard InChI is InChI=1S/C10H13O6P/c1-15-7-3-4-10(16-2)8(5-7)9(11)6-17(12,13)14/h3-5H,6H2,1-2H3,(H2,12,13,14). The molecule has 0 unspecified atom stereocenters. The molecule has 1 aromatic carbocycles. The minimum Gasteiger partial charge on any atom is -0.497 e. The van der Waals surface area contributed by atoms with E-state index in [-0.39, 0.29) is 11.3 Å². The third-order valence-electron chi connectivity index (χ3n) is 2.06. The maximum absolute atomic E-state index is 11.7. The van der Waals surface area contributed by atoms with Crippen LogP contribution in [0.2, 0.25) is 0 Å². The lowest BCUT2D eigenvalue weighted by Gasteiger charge is -2.10. The molecule has 7 heteroatoms. The fourth-order valence-corrected chi connectivity index (χ4v) is 1.85. The van der Waals surface area contributed by atoms with Crippen molar-refractivity contribution in [2.24, 2.45) is 0 Å². The maximum Gasteiger partial charge on any atom is 0.333 e. The van der Waals surface area contributed by atoms with Gasteiger partial charge in [-0.25, -0.2) is 0 Å². The van der Waals surface area contributed by atoms with Gasteiger partial charge in [0.1, 0.15) is 17.7 Å². The number of hydrogen-bond acceptors (Lipinski definition) is 4. The highest BCUT2D eigenvalue weighted by Crippen LogP contribution is 2.36. The molecule has 1 rings (SSSR count). The number of hydrogen-bond donors (Lipinski definition) is 2. The monoisotopic (exact) mass is 260 g/mol. The summed E-state index contributed by atoms with van der Waals surface area (Å²) in [5.74, 6) is -0.0156. The molecular formula is C10H13O6P. The van der Waals surface area contributed by atoms with E-state index in [0.29, 0.717) is 5.75 Å². The number of ether oxygens (including phenoxy) is 2. The van der Waals surface area contributed by atoms with Gasteiger partial charge in [0.05, 0.1) is 19.8 Å². The Labute approximate surface area is 98.3 Å². The second-order valence-electron chi connectivity index (χ2n) is 3.31. The molecule has 0 amide bonds. The van der Waals surface area contributed by atoms with Crippen molar-refractivity contribution in [3.8, 4) is 11.5 Å². The Hall–Kier alpha value is -1.36. The largest absolute Gasteiger partial charge is 0.497 e. The van der Waals surface area contributed by atoms with E-state index < -0.39 is 19.5 Å². The molecule has 0 saturated heterocycles. The van der Waals surface area contributed by atoms with Crippen molar-refractivity contribution in [2.45, 2.75) is 0 Å². The molecule has 0 heterocycles. The lowest BCUT2D eigenvalue weighted by Crippen LogP contribution is -2.08. The SMILES string of the molecule is COc1ccc(OC)c(C(=O)CP(=O)(O)O)c1. The Morgan fingerprint density at radius 2 is 1.94 bits per heavy atom. The van der Waals surface area contributed by atoms with Gasteiger partial charge in [-0.15, -0.1) is 0 Å². The molecule has 0 spiro atoms. The Morgan fingerprint density at radius 1 is 1.29 bits per heavy atom. The van der Waals surface area contributed by atoms with Gasteiger partial charge in [0.25, 0.3) is 0 Å². The number of carbonyl (C=O) groups excluding carboxylic acids is 1. The van der Waals surface area contributed by atoms with E-state index in [4.69, 9.17) is 19.3 Å². The fourth-order valence-electron chi connectivity index (χ4n) is 1.30. The normalized spacial score (nSPS) is 11.1. The molecule has 0 aromatic heterocycles. The molecule has 0 aliphatic rings. The van der Waals surface area contributed by atoms with Crippen LogP contribution in [-0.2, 0) is 4.57 Å². The summed E-state index contributed by atoms with van der Waals surface area (Å²) in [4.78, 5) is 29.2. The minimum atomic E-state index is -4.39. The number of Topliss-reactive ketones (excluding diaryl/α,β-unsaturated/α-hetero) is 1. The Balaban J connectivity index is 3.10. The average Bonchev–Trinajstić information content (AvgIpc) is 2.25. The van der Waals surface area contributed by atoms with Crippen LogP contribution in [0.15, 0.2) is 18.2 Å². The van der Waals surface area contributed by atoms with Crippen LogP contribution in [0.1, 0.15) is 10.4 Å². The van der Waals surface area contributed by atoms with Crippen LogP contribution in [0.3, 0.4) is 0 Å². The molecule has 2 N–H and O–H groups in total. The van der Waals surface area contributed by atoms with E-state index in [2.05, 4.69) is 0 Å². The lowest BCUT2D eigenvalue weighted by molar-refractivity contribution is 0.101. The van der Waals surface area contributed by atoms with E-state index >= 15 is 0 Å². The molecule has 0 aliphatic carbocycles. The molecule has 0 aliphatic heterocycles. The topological polar surface area (TPSA) is 93.1 Å². The van der Waals surface area contributed by atoms with E-state index in [1.54, 1.807) is 6.07 Å². The summed E-state index contributed by atoms with van der Waals surface area (Å²) in [5, 5.41) is 0. The predicted octanol–water partition coefficient (Wildman–Crippen LogP) is 1.06. The first-order chi connectivity index (χ1) is 7.87. The van der Waals surface area contributed by atoms with Crippen molar-refractivity contribution in [3.63, 3.8) is 0 Å². The van der Waals surface area contributed by atoms with Gasteiger partial charge in [0.15, 0.2) is 5.78 Å². The predicted molar refractivity (Wildman–Crippen MR) is 60.8 cm³/mol. The zero-order chi connectivity index (χ0) is 13.1. The molecule has 0 fully saturated rings. The van der Waals surface area contributed by atoms with Crippen molar-refractivity contribution >= 4 is 13.4 Å². The summed E-state index contributed by atoms with van der Waals surface area (Å²) in [7, 11) is -1.59. The smallest absolute Gasteiger partial charge is 0.333 e. The summed E-state index contributed by atoms with van der Waals surface area (Å²) in [6.45, 7) is 0. The number of methoxy groups -OCH3 is 2. The average molecular weight is 260 g/mol. The highest BCUT2D eigenvalue weighted by molar-refractivity contribution is 7.52. The van der Waals surface area contributed by atoms with Gasteiger partial charge in [-0.05, 0) is 18.2 Å². The Kier molecular flexibility index (Phi) is 4.28. The number of ketones is 1. The molecule has 94 valence electrons. The van der Waals surface area contributed by atoms with Crippen LogP contribution in [0.25, 0.3) is 0 Å². The van der Waals surface area contributed by atoms with Gasteiger partial charge in [-0.1, -0.05) is 0 Å². The third-order valence-corrected chi connectivity index (χ3v) is 2.76. The van der Waals surface area contributed by atoms with Gasteiger partial charge in [0.2, 0.25) is 0 Å². The molecule has 17 heavy (non-hydrogen) atoms. The third kappa shape index (κ3) is 3.85. The minimum absolute atomic E-state index is 0.0928. The van der Waals surface area contributed by atoms with E-state index in [1.165, 1.54) is 26.4 Å². The van der Waals surface area contributed by atoms with Crippen LogP contribution in [0.4, 0.5) is 0 Å². The molecular weight excluding hydrogens is 247 g/mol. The molecule has 0 radical (unpaired) electrons. The summed E-state index contributed by atoms with van der Waals surface area (Å²) in [6, 6.07) is 4.48. The van der Waals surface area contributed by atoms with Crippen LogP contribution in [0, 0.1) is 0 Å². The van der Waals surface area contributed by atoms with Gasteiger partial charge >= 0.3 is 7.60 Å². The Morgan fingerprint density at radius 3 is 2.41 bits per heavy atom. The first-order valence-electron chi connectivity index (χ1n) is 4.67. The van der Waals surface area contributed by atoms with Gasteiger partial charge in [-0.2, -0.15) is 0 Å². The van der Waals surface area contributed by atoms with Crippen molar-refractivity contribution in [3.05, 3.63) is 23.8 Å². The molecule has 0 bridgehead atoms. The van der Waals surface area contributed by atoms with Crippen LogP contribution >= 0.6 is 7.60 Å². The van der Waals surface area contributed by atoms with Gasteiger partial charge in [-0.3, -0.25) is 9.36 Å². The van der Waals surface area contributed by atoms with Crippen molar-refractivity contribution in [2.75, 3.05) is 20.4 Å². The lowest BCUT2D eigenvalue weighted by atomic mass is 10.1. The first kappa shape index (κ1) is 13.7. The van der Waals surface area contributed by atoms with Crippen molar-refractivity contribution in [1.29, 1.82) is 0 Å². The van der Waals surface area contributed by atoms with E-state index in [9.17, 15) is 9.36 Å². The molecule has 6 nitrogen and oxygen atoms in total. The van der Waals surface area contributed by atoms with Gasteiger partial charge < -0.3 is 19.3 Å². The quantitative estimate of drug-likeness (QED) is 0.607. The van der Waals surface area contributed by atoms with Gasteiger partial charge in [0, 0.05) is 0 Å². The number of benzene rings is 1. The van der Waals surface area contributed by atoms with Crippen molar-refractivity contribution in [1.82, 2.24) is 0 Å². The van der Waals surface area contributed by atoms with Crippen LogP contribution < -0.4 is 9.47 Å². The summed E-state index contributed by atoms with van der Waals surface area (Å²) < 4.78 is 20.7. The summed E-state index contributed by atoms with van der Waals surface area (Å²) >= 11 is 0. The number of rotatable bonds is 5. The second kappa shape index (κ2) is 5.31. The van der Waals surface area contributed by atoms with Crippen LogP contribution in [-0.4, -0.2) is 36.0 Å². The number of carbonyl (C=O) groups is 1. The van der Waals surface area contributed by atoms with Crippen LogP contribution in [0.5, 0.6) is 11.5 Å². The molecule has 0 saturated carbocycles. The Bertz CT molecular complexity index is 464. The molecule has 0 atom stereocenters. The van der Waals surface area contributed by atoms with E-state index in [1.807, 2.05) is 0 Å². The summed E-state index contributed by atoms with van der Waals surface area (Å²) in [5.41, 5.74) is 0.0928.